The average molecular weight is 318 g/mol. The molecule has 1 aliphatic carbocycles. The number of nitrogens with one attached hydrogen (secondary N) is 2. The van der Waals surface area contributed by atoms with Gasteiger partial charge in [0.15, 0.2) is 0 Å². The molecule has 0 bridgehead atoms. The van der Waals surface area contributed by atoms with Gasteiger partial charge in [-0.2, -0.15) is 0 Å². The van der Waals surface area contributed by atoms with Gasteiger partial charge in [0.1, 0.15) is 5.54 Å². The standard InChI is InChI=1S/C17H22N2O4/c1-4-17(3,16(22)23)19-14(20)11-5-7-12(8-6-11)18-15(21)13-9-10(13)2/h5-8,10,13H,4,9H2,1-3H3,(H,18,21)(H,19,20)(H,22,23). The first-order chi connectivity index (χ1) is 10.8. The van der Waals surface area contributed by atoms with Crippen molar-refractivity contribution in [2.24, 2.45) is 11.8 Å². The molecular formula is C17H22N2O4. The molecule has 2 amide bonds. The lowest BCUT2D eigenvalue weighted by Crippen LogP contribution is -2.51. The zero-order valence-electron chi connectivity index (χ0n) is 13.6. The van der Waals surface area contributed by atoms with E-state index in [-0.39, 0.29) is 18.2 Å². The molecule has 0 saturated heterocycles. The zero-order valence-corrected chi connectivity index (χ0v) is 13.6. The Kier molecular flexibility index (Phi) is 4.73. The molecule has 1 fully saturated rings. The van der Waals surface area contributed by atoms with Gasteiger partial charge in [-0.25, -0.2) is 4.79 Å². The van der Waals surface area contributed by atoms with E-state index >= 15 is 0 Å². The Morgan fingerprint density at radius 1 is 1.26 bits per heavy atom. The number of rotatable bonds is 6. The minimum atomic E-state index is -1.30. The predicted molar refractivity (Wildman–Crippen MR) is 86.1 cm³/mol. The highest BCUT2D eigenvalue weighted by Crippen LogP contribution is 2.38. The van der Waals surface area contributed by atoms with Crippen molar-refractivity contribution in [3.8, 4) is 0 Å². The maximum atomic E-state index is 12.2. The van der Waals surface area contributed by atoms with Crippen molar-refractivity contribution in [3.63, 3.8) is 0 Å². The average Bonchev–Trinajstić information content (AvgIpc) is 3.24. The minimum absolute atomic E-state index is 0.000799. The molecule has 3 N–H and O–H groups in total. The molecule has 2 rings (SSSR count). The molecule has 0 radical (unpaired) electrons. The van der Waals surface area contributed by atoms with Crippen molar-refractivity contribution in [3.05, 3.63) is 29.8 Å². The maximum absolute atomic E-state index is 12.2. The minimum Gasteiger partial charge on any atom is -0.480 e. The van der Waals surface area contributed by atoms with Crippen molar-refractivity contribution in [2.75, 3.05) is 5.32 Å². The van der Waals surface area contributed by atoms with Gasteiger partial charge in [-0.3, -0.25) is 9.59 Å². The molecule has 1 aliphatic rings. The van der Waals surface area contributed by atoms with E-state index in [1.165, 1.54) is 6.92 Å². The second-order valence-electron chi connectivity index (χ2n) is 6.33. The summed E-state index contributed by atoms with van der Waals surface area (Å²) in [6.45, 7) is 5.20. The fourth-order valence-electron chi connectivity index (χ4n) is 2.24. The van der Waals surface area contributed by atoms with Crippen LogP contribution in [0.15, 0.2) is 24.3 Å². The van der Waals surface area contributed by atoms with E-state index < -0.39 is 17.4 Å². The van der Waals surface area contributed by atoms with Crippen LogP contribution in [-0.2, 0) is 9.59 Å². The third-order valence-electron chi connectivity index (χ3n) is 4.43. The second kappa shape index (κ2) is 6.40. The number of carboxylic acid groups (broad SMARTS) is 1. The summed E-state index contributed by atoms with van der Waals surface area (Å²) in [5.74, 6) is -1.01. The topological polar surface area (TPSA) is 95.5 Å². The second-order valence-corrected chi connectivity index (χ2v) is 6.33. The molecule has 6 heteroatoms. The summed E-state index contributed by atoms with van der Waals surface area (Å²) in [5, 5.41) is 14.5. The number of carbonyl (C=O) groups is 3. The summed E-state index contributed by atoms with van der Waals surface area (Å²) in [4.78, 5) is 35.2. The Labute approximate surface area is 135 Å². The van der Waals surface area contributed by atoms with Crippen LogP contribution in [-0.4, -0.2) is 28.4 Å². The molecule has 3 unspecified atom stereocenters. The first-order valence-corrected chi connectivity index (χ1v) is 7.73. The zero-order chi connectivity index (χ0) is 17.2. The summed E-state index contributed by atoms with van der Waals surface area (Å²) in [6.07, 6.45) is 1.19. The van der Waals surface area contributed by atoms with Crippen LogP contribution >= 0.6 is 0 Å². The van der Waals surface area contributed by atoms with Gasteiger partial charge in [-0.1, -0.05) is 13.8 Å². The van der Waals surface area contributed by atoms with Crippen LogP contribution in [0.2, 0.25) is 0 Å². The van der Waals surface area contributed by atoms with E-state index in [4.69, 9.17) is 0 Å². The molecular weight excluding hydrogens is 296 g/mol. The molecule has 0 aromatic heterocycles. The van der Waals surface area contributed by atoms with Gasteiger partial charge >= 0.3 is 5.97 Å². The molecule has 0 spiro atoms. The molecule has 0 heterocycles. The first kappa shape index (κ1) is 17.0. The Morgan fingerprint density at radius 2 is 1.83 bits per heavy atom. The number of hydrogen-bond acceptors (Lipinski definition) is 3. The van der Waals surface area contributed by atoms with E-state index in [1.807, 2.05) is 6.92 Å². The smallest absolute Gasteiger partial charge is 0.329 e. The Hall–Kier alpha value is -2.37. The summed E-state index contributed by atoms with van der Waals surface area (Å²) in [7, 11) is 0. The number of carbonyl (C=O) groups excluding carboxylic acids is 2. The molecule has 0 aliphatic heterocycles. The molecule has 1 saturated carbocycles. The molecule has 1 aromatic carbocycles. The van der Waals surface area contributed by atoms with Crippen molar-refractivity contribution in [1.82, 2.24) is 5.32 Å². The maximum Gasteiger partial charge on any atom is 0.329 e. The number of benzene rings is 1. The van der Waals surface area contributed by atoms with Gasteiger partial charge in [0.25, 0.3) is 5.91 Å². The van der Waals surface area contributed by atoms with E-state index in [0.29, 0.717) is 17.2 Å². The number of amides is 2. The molecule has 6 nitrogen and oxygen atoms in total. The van der Waals surface area contributed by atoms with Crippen molar-refractivity contribution < 1.29 is 19.5 Å². The third-order valence-corrected chi connectivity index (χ3v) is 4.43. The van der Waals surface area contributed by atoms with Crippen LogP contribution in [0.4, 0.5) is 5.69 Å². The van der Waals surface area contributed by atoms with Gasteiger partial charge in [-0.15, -0.1) is 0 Å². The van der Waals surface area contributed by atoms with Crippen molar-refractivity contribution >= 4 is 23.5 Å². The SMILES string of the molecule is CCC(C)(NC(=O)c1ccc(NC(=O)C2CC2C)cc1)C(=O)O. The number of anilines is 1. The largest absolute Gasteiger partial charge is 0.480 e. The quantitative estimate of drug-likeness (QED) is 0.749. The van der Waals surface area contributed by atoms with Crippen molar-refractivity contribution in [2.45, 2.75) is 39.2 Å². The Bertz CT molecular complexity index is 626. The van der Waals surface area contributed by atoms with E-state index in [1.54, 1.807) is 31.2 Å². The number of aliphatic carboxylic acids is 1. The van der Waals surface area contributed by atoms with Crippen molar-refractivity contribution in [1.29, 1.82) is 0 Å². The van der Waals surface area contributed by atoms with Crippen LogP contribution in [0.25, 0.3) is 0 Å². The molecule has 1 aromatic rings. The van der Waals surface area contributed by atoms with E-state index in [0.717, 1.165) is 6.42 Å². The van der Waals surface area contributed by atoms with Gasteiger partial charge in [0.05, 0.1) is 0 Å². The summed E-state index contributed by atoms with van der Waals surface area (Å²) in [5.41, 5.74) is -0.322. The van der Waals surface area contributed by atoms with Crippen LogP contribution in [0, 0.1) is 11.8 Å². The molecule has 3 atom stereocenters. The molecule has 23 heavy (non-hydrogen) atoms. The fraction of sp³-hybridized carbons (Fsp3) is 0.471. The Balaban J connectivity index is 2.00. The third kappa shape index (κ3) is 3.88. The highest BCUT2D eigenvalue weighted by molar-refractivity contribution is 5.99. The van der Waals surface area contributed by atoms with Crippen LogP contribution in [0.3, 0.4) is 0 Å². The number of carboxylic acids is 1. The van der Waals surface area contributed by atoms with Gasteiger partial charge < -0.3 is 15.7 Å². The lowest BCUT2D eigenvalue weighted by molar-refractivity contribution is -0.143. The van der Waals surface area contributed by atoms with Crippen LogP contribution in [0.5, 0.6) is 0 Å². The van der Waals surface area contributed by atoms with Crippen LogP contribution in [0.1, 0.15) is 44.0 Å². The highest BCUT2D eigenvalue weighted by atomic mass is 16.4. The van der Waals surface area contributed by atoms with E-state index in [9.17, 15) is 19.5 Å². The first-order valence-electron chi connectivity index (χ1n) is 7.73. The predicted octanol–water partition coefficient (Wildman–Crippen LogP) is 2.26. The van der Waals surface area contributed by atoms with Crippen LogP contribution < -0.4 is 10.6 Å². The van der Waals surface area contributed by atoms with E-state index in [2.05, 4.69) is 10.6 Å². The summed E-state index contributed by atoms with van der Waals surface area (Å²) < 4.78 is 0. The normalized spacial score (nSPS) is 21.9. The lowest BCUT2D eigenvalue weighted by Gasteiger charge is -2.24. The summed E-state index contributed by atoms with van der Waals surface area (Å²) >= 11 is 0. The number of hydrogen-bond donors (Lipinski definition) is 3. The van der Waals surface area contributed by atoms with Gasteiger partial charge in [0.2, 0.25) is 5.91 Å². The highest BCUT2D eigenvalue weighted by Gasteiger charge is 2.39. The lowest BCUT2D eigenvalue weighted by atomic mass is 9.98. The monoisotopic (exact) mass is 318 g/mol. The fourth-order valence-corrected chi connectivity index (χ4v) is 2.24. The van der Waals surface area contributed by atoms with Gasteiger partial charge in [-0.05, 0) is 49.9 Å². The Morgan fingerprint density at radius 3 is 2.26 bits per heavy atom. The molecule has 124 valence electrons. The summed E-state index contributed by atoms with van der Waals surface area (Å²) in [6, 6.07) is 6.42. The van der Waals surface area contributed by atoms with Gasteiger partial charge in [0, 0.05) is 17.2 Å².